The first-order valence-electron chi connectivity index (χ1n) is 8.51. The van der Waals surface area contributed by atoms with Gasteiger partial charge in [-0.1, -0.05) is 48.5 Å². The van der Waals surface area contributed by atoms with Gasteiger partial charge in [0.15, 0.2) is 5.60 Å². The third-order valence-corrected chi connectivity index (χ3v) is 6.00. The maximum atomic E-state index is 14.1. The van der Waals surface area contributed by atoms with E-state index in [9.17, 15) is 26.7 Å². The van der Waals surface area contributed by atoms with Crippen LogP contribution in [0.2, 0.25) is 0 Å². The molecule has 10 heteroatoms. The summed E-state index contributed by atoms with van der Waals surface area (Å²) < 4.78 is 67.5. The molecule has 6 nitrogen and oxygen atoms in total. The zero-order chi connectivity index (χ0) is 21.1. The number of alkyl halides is 3. The van der Waals surface area contributed by atoms with Gasteiger partial charge in [-0.3, -0.25) is 0 Å². The number of para-hydroxylation sites is 1. The van der Waals surface area contributed by atoms with Crippen molar-refractivity contribution in [2.24, 2.45) is 0 Å². The molecule has 0 saturated heterocycles. The maximum absolute atomic E-state index is 14.1. The summed E-state index contributed by atoms with van der Waals surface area (Å²) in [5.74, 6) is -1.61. The van der Waals surface area contributed by atoms with Gasteiger partial charge < -0.3 is 15.4 Å². The minimum absolute atomic E-state index is 0.0748. The molecule has 3 aromatic rings. The maximum Gasteiger partial charge on any atom is 0.420 e. The van der Waals surface area contributed by atoms with Crippen molar-refractivity contribution in [3.05, 3.63) is 78.6 Å². The summed E-state index contributed by atoms with van der Waals surface area (Å²) in [5, 5.41) is 12.8. The number of aliphatic hydroxyl groups is 1. The number of rotatable bonds is 7. The zero-order valence-corrected chi connectivity index (χ0v) is 15.8. The van der Waals surface area contributed by atoms with E-state index in [1.807, 2.05) is 0 Å². The Balaban J connectivity index is 2.11. The number of nitrogens with one attached hydrogen (secondary N) is 2. The van der Waals surface area contributed by atoms with E-state index in [1.54, 1.807) is 24.3 Å². The minimum atomic E-state index is -5.27. The van der Waals surface area contributed by atoms with Gasteiger partial charge in [0.1, 0.15) is 0 Å². The van der Waals surface area contributed by atoms with Crippen LogP contribution in [0.15, 0.2) is 78.2 Å². The van der Waals surface area contributed by atoms with Crippen LogP contribution in [0.1, 0.15) is 11.6 Å². The lowest BCUT2D eigenvalue weighted by Gasteiger charge is -2.38. The van der Waals surface area contributed by atoms with Crippen LogP contribution in [0.5, 0.6) is 0 Å². The SMILES string of the molecule is O=S(=O)(CC(O)(C(Nc1ccccc1)c1ccccc1)C(F)(F)F)c1ncc[nH]1. The van der Waals surface area contributed by atoms with Crippen LogP contribution in [0, 0.1) is 0 Å². The number of imidazole rings is 1. The highest BCUT2D eigenvalue weighted by Gasteiger charge is 2.61. The molecule has 0 spiro atoms. The van der Waals surface area contributed by atoms with Crippen molar-refractivity contribution in [3.8, 4) is 0 Å². The highest BCUT2D eigenvalue weighted by atomic mass is 32.2. The van der Waals surface area contributed by atoms with Crippen LogP contribution in [0.25, 0.3) is 0 Å². The van der Waals surface area contributed by atoms with Gasteiger partial charge in [-0.2, -0.15) is 13.2 Å². The van der Waals surface area contributed by atoms with Crippen molar-refractivity contribution in [2.45, 2.75) is 23.0 Å². The number of aromatic nitrogens is 2. The van der Waals surface area contributed by atoms with E-state index in [4.69, 9.17) is 0 Å². The number of hydrogen-bond acceptors (Lipinski definition) is 5. The second-order valence-electron chi connectivity index (χ2n) is 6.43. The van der Waals surface area contributed by atoms with Gasteiger partial charge in [-0.05, 0) is 17.7 Å². The average Bonchev–Trinajstić information content (AvgIpc) is 3.22. The lowest BCUT2D eigenvalue weighted by molar-refractivity contribution is -0.257. The summed E-state index contributed by atoms with van der Waals surface area (Å²) in [4.78, 5) is 5.81. The molecule has 0 fully saturated rings. The summed E-state index contributed by atoms with van der Waals surface area (Å²) >= 11 is 0. The number of hydrogen-bond donors (Lipinski definition) is 3. The van der Waals surface area contributed by atoms with Crippen molar-refractivity contribution in [1.82, 2.24) is 9.97 Å². The van der Waals surface area contributed by atoms with Gasteiger partial charge >= 0.3 is 6.18 Å². The van der Waals surface area contributed by atoms with Crippen LogP contribution in [-0.2, 0) is 9.84 Å². The molecule has 154 valence electrons. The third kappa shape index (κ3) is 4.43. The quantitative estimate of drug-likeness (QED) is 0.540. The standard InChI is InChI=1S/C19H18F3N3O3S/c20-19(21,22)18(26,13-29(27,28)17-23-11-12-24-17)16(14-7-3-1-4-8-14)25-15-9-5-2-6-10-15/h1-12,16,25-26H,13H2,(H,23,24). The van der Waals surface area contributed by atoms with E-state index in [0.29, 0.717) is 5.69 Å². The van der Waals surface area contributed by atoms with Gasteiger partial charge in [0.25, 0.3) is 0 Å². The number of benzene rings is 2. The fourth-order valence-electron chi connectivity index (χ4n) is 2.93. The molecular formula is C19H18F3N3O3S. The van der Waals surface area contributed by atoms with E-state index in [2.05, 4.69) is 15.3 Å². The first kappa shape index (κ1) is 20.9. The molecule has 0 saturated carbocycles. The first-order valence-corrected chi connectivity index (χ1v) is 10.2. The van der Waals surface area contributed by atoms with Crippen molar-refractivity contribution >= 4 is 15.5 Å². The monoisotopic (exact) mass is 425 g/mol. The van der Waals surface area contributed by atoms with E-state index in [0.717, 1.165) is 6.20 Å². The molecule has 29 heavy (non-hydrogen) atoms. The Hall–Kier alpha value is -2.85. The molecule has 0 bridgehead atoms. The summed E-state index contributed by atoms with van der Waals surface area (Å²) in [6.07, 6.45) is -2.98. The molecule has 3 N–H and O–H groups in total. The largest absolute Gasteiger partial charge is 0.420 e. The Morgan fingerprint density at radius 2 is 1.62 bits per heavy atom. The van der Waals surface area contributed by atoms with Gasteiger partial charge in [0, 0.05) is 18.1 Å². The normalized spacial score (nSPS) is 15.4. The molecule has 2 aromatic carbocycles. The predicted molar refractivity (Wildman–Crippen MR) is 101 cm³/mol. The van der Waals surface area contributed by atoms with Crippen molar-refractivity contribution in [1.29, 1.82) is 0 Å². The van der Waals surface area contributed by atoms with Crippen molar-refractivity contribution in [2.75, 3.05) is 11.1 Å². The van der Waals surface area contributed by atoms with Crippen LogP contribution in [0.3, 0.4) is 0 Å². The summed E-state index contributed by atoms with van der Waals surface area (Å²) in [7, 11) is -4.58. The number of anilines is 1. The molecule has 2 atom stereocenters. The fourth-order valence-corrected chi connectivity index (χ4v) is 4.45. The van der Waals surface area contributed by atoms with Crippen molar-refractivity contribution < 1.29 is 26.7 Å². The molecule has 0 aliphatic carbocycles. The first-order chi connectivity index (χ1) is 13.6. The van der Waals surface area contributed by atoms with E-state index < -0.39 is 38.6 Å². The predicted octanol–water partition coefficient (Wildman–Crippen LogP) is 3.33. The van der Waals surface area contributed by atoms with Crippen LogP contribution in [0.4, 0.5) is 18.9 Å². The van der Waals surface area contributed by atoms with Gasteiger partial charge in [-0.15, -0.1) is 0 Å². The molecule has 3 rings (SSSR count). The number of halogens is 3. The zero-order valence-electron chi connectivity index (χ0n) is 15.0. The Bertz CT molecular complexity index is 1030. The number of sulfone groups is 1. The Kier molecular flexibility index (Phi) is 5.67. The molecular weight excluding hydrogens is 407 g/mol. The average molecular weight is 425 g/mol. The summed E-state index contributed by atoms with van der Waals surface area (Å²) in [6.45, 7) is 0. The second-order valence-corrected chi connectivity index (χ2v) is 8.33. The van der Waals surface area contributed by atoms with Crippen LogP contribution in [-0.4, -0.2) is 41.0 Å². The van der Waals surface area contributed by atoms with E-state index >= 15 is 0 Å². The molecule has 0 amide bonds. The smallest absolute Gasteiger partial charge is 0.378 e. The summed E-state index contributed by atoms with van der Waals surface area (Å²) in [6, 6.07) is 13.5. The summed E-state index contributed by atoms with van der Waals surface area (Å²) in [5.41, 5.74) is -3.28. The number of nitrogens with zero attached hydrogens (tertiary/aromatic N) is 1. The number of H-pyrrole nitrogens is 1. The Morgan fingerprint density at radius 1 is 1.03 bits per heavy atom. The van der Waals surface area contributed by atoms with Crippen LogP contribution < -0.4 is 5.32 Å². The lowest BCUT2D eigenvalue weighted by Crippen LogP contribution is -2.57. The Labute approximate surface area is 165 Å². The topological polar surface area (TPSA) is 95.1 Å². The second kappa shape index (κ2) is 7.88. The van der Waals surface area contributed by atoms with E-state index in [-0.39, 0.29) is 5.56 Å². The number of aromatic amines is 1. The fraction of sp³-hybridized carbons (Fsp3) is 0.211. The molecule has 1 heterocycles. The van der Waals surface area contributed by atoms with Crippen LogP contribution >= 0.6 is 0 Å². The van der Waals surface area contributed by atoms with Gasteiger partial charge in [-0.25, -0.2) is 13.4 Å². The minimum Gasteiger partial charge on any atom is -0.378 e. The highest BCUT2D eigenvalue weighted by molar-refractivity contribution is 7.91. The molecule has 0 aliphatic rings. The Morgan fingerprint density at radius 3 is 2.14 bits per heavy atom. The highest BCUT2D eigenvalue weighted by Crippen LogP contribution is 2.43. The van der Waals surface area contributed by atoms with Gasteiger partial charge in [0.2, 0.25) is 15.0 Å². The van der Waals surface area contributed by atoms with Crippen molar-refractivity contribution in [3.63, 3.8) is 0 Å². The molecule has 0 radical (unpaired) electrons. The lowest BCUT2D eigenvalue weighted by atomic mass is 9.89. The molecule has 2 unspecified atom stereocenters. The molecule has 1 aromatic heterocycles. The van der Waals surface area contributed by atoms with Gasteiger partial charge in [0.05, 0.1) is 11.8 Å². The molecule has 0 aliphatic heterocycles. The third-order valence-electron chi connectivity index (χ3n) is 4.36. The van der Waals surface area contributed by atoms with E-state index in [1.165, 1.54) is 42.6 Å².